The predicted octanol–water partition coefficient (Wildman–Crippen LogP) is 8.61. The Kier molecular flexibility index (Phi) is 3.16. The van der Waals surface area contributed by atoms with Gasteiger partial charge in [0.25, 0.3) is 0 Å². The molecule has 0 amide bonds. The molecule has 0 aromatic heterocycles. The number of hydrogen-bond acceptors (Lipinski definition) is 0. The molecular weight excluding hydrogens is 372 g/mol. The van der Waals surface area contributed by atoms with Crippen LogP contribution in [0.3, 0.4) is 0 Å². The minimum Gasteiger partial charge on any atom is -0.0616 e. The summed E-state index contributed by atoms with van der Waals surface area (Å²) in [5.41, 5.74) is 5.58. The third kappa shape index (κ3) is 2.10. The normalized spacial score (nSPS) is 14.4. The first-order valence-corrected chi connectivity index (χ1v) is 11.0. The fraction of sp³-hybridized carbons (Fsp3) is 0.0968. The molecule has 0 radical (unpaired) electrons. The van der Waals surface area contributed by atoms with Gasteiger partial charge in [-0.15, -0.1) is 0 Å². The SMILES string of the molecule is CC1(C)c2ccc3c(ccc4ccccc43)c2-c2cc3ccccc3c3cccc1c23. The summed E-state index contributed by atoms with van der Waals surface area (Å²) in [5, 5.41) is 10.8. The maximum atomic E-state index is 2.42. The summed E-state index contributed by atoms with van der Waals surface area (Å²) in [7, 11) is 0. The molecule has 6 aromatic carbocycles. The second-order valence-corrected chi connectivity index (χ2v) is 9.37. The molecule has 0 bridgehead atoms. The van der Waals surface area contributed by atoms with Crippen LogP contribution < -0.4 is 0 Å². The molecule has 0 aliphatic heterocycles. The average Bonchev–Trinajstić information content (AvgIpc) is 2.81. The van der Waals surface area contributed by atoms with Crippen LogP contribution in [-0.2, 0) is 5.41 Å². The molecule has 0 saturated heterocycles. The van der Waals surface area contributed by atoms with Crippen LogP contribution in [0.15, 0.2) is 97.1 Å². The van der Waals surface area contributed by atoms with Crippen LogP contribution in [0.1, 0.15) is 25.0 Å². The average molecular weight is 395 g/mol. The van der Waals surface area contributed by atoms with E-state index in [4.69, 9.17) is 0 Å². The molecular formula is C31H22. The lowest BCUT2D eigenvalue weighted by molar-refractivity contribution is 0.646. The Morgan fingerprint density at radius 1 is 0.484 bits per heavy atom. The largest absolute Gasteiger partial charge is 0.0616 e. The zero-order chi connectivity index (χ0) is 20.7. The summed E-state index contributed by atoms with van der Waals surface area (Å²) in [6.07, 6.45) is 0. The molecule has 0 spiro atoms. The Balaban J connectivity index is 1.76. The molecule has 0 atom stereocenters. The van der Waals surface area contributed by atoms with Gasteiger partial charge in [-0.1, -0.05) is 105 Å². The highest BCUT2D eigenvalue weighted by molar-refractivity contribution is 6.21. The van der Waals surface area contributed by atoms with Gasteiger partial charge in [-0.3, -0.25) is 0 Å². The van der Waals surface area contributed by atoms with E-state index in [0.717, 1.165) is 0 Å². The van der Waals surface area contributed by atoms with Crippen LogP contribution in [0.2, 0.25) is 0 Å². The van der Waals surface area contributed by atoms with Gasteiger partial charge in [-0.2, -0.15) is 0 Å². The van der Waals surface area contributed by atoms with E-state index < -0.39 is 0 Å². The van der Waals surface area contributed by atoms with Gasteiger partial charge < -0.3 is 0 Å². The van der Waals surface area contributed by atoms with E-state index in [-0.39, 0.29) is 5.41 Å². The summed E-state index contributed by atoms with van der Waals surface area (Å²) >= 11 is 0. The Morgan fingerprint density at radius 3 is 2.00 bits per heavy atom. The number of benzene rings is 6. The first kappa shape index (κ1) is 17.1. The highest BCUT2D eigenvalue weighted by Crippen LogP contribution is 2.52. The summed E-state index contributed by atoms with van der Waals surface area (Å²) in [4.78, 5) is 0. The van der Waals surface area contributed by atoms with E-state index >= 15 is 0 Å². The van der Waals surface area contributed by atoms with Gasteiger partial charge in [0.2, 0.25) is 0 Å². The van der Waals surface area contributed by atoms with Crippen molar-refractivity contribution in [1.29, 1.82) is 0 Å². The molecule has 0 N–H and O–H groups in total. The number of rotatable bonds is 0. The lowest BCUT2D eigenvalue weighted by Crippen LogP contribution is -2.23. The molecule has 31 heavy (non-hydrogen) atoms. The number of hydrogen-bond donors (Lipinski definition) is 0. The van der Waals surface area contributed by atoms with Crippen molar-refractivity contribution in [2.75, 3.05) is 0 Å². The predicted molar refractivity (Wildman–Crippen MR) is 134 cm³/mol. The van der Waals surface area contributed by atoms with Crippen molar-refractivity contribution in [3.05, 3.63) is 108 Å². The Labute approximate surface area is 181 Å². The highest BCUT2D eigenvalue weighted by atomic mass is 14.4. The van der Waals surface area contributed by atoms with Crippen molar-refractivity contribution in [2.45, 2.75) is 19.3 Å². The minimum absolute atomic E-state index is 0.0515. The third-order valence-corrected chi connectivity index (χ3v) is 7.43. The van der Waals surface area contributed by atoms with E-state index in [1.165, 1.54) is 65.3 Å². The maximum Gasteiger partial charge on any atom is 0.0159 e. The molecule has 1 aliphatic rings. The zero-order valence-electron chi connectivity index (χ0n) is 17.7. The van der Waals surface area contributed by atoms with Crippen molar-refractivity contribution in [3.63, 3.8) is 0 Å². The summed E-state index contributed by atoms with van der Waals surface area (Å²) < 4.78 is 0. The second kappa shape index (κ2) is 5.74. The van der Waals surface area contributed by atoms with Gasteiger partial charge >= 0.3 is 0 Å². The van der Waals surface area contributed by atoms with Gasteiger partial charge in [0.05, 0.1) is 0 Å². The van der Waals surface area contributed by atoms with Gasteiger partial charge in [0.1, 0.15) is 0 Å². The van der Waals surface area contributed by atoms with Crippen molar-refractivity contribution >= 4 is 43.1 Å². The van der Waals surface area contributed by atoms with Gasteiger partial charge in [-0.25, -0.2) is 0 Å². The molecule has 146 valence electrons. The molecule has 0 unspecified atom stereocenters. The molecule has 0 heteroatoms. The minimum atomic E-state index is -0.0515. The Hall–Kier alpha value is -3.64. The highest BCUT2D eigenvalue weighted by Gasteiger charge is 2.34. The molecule has 6 aromatic rings. The Morgan fingerprint density at radius 2 is 1.16 bits per heavy atom. The number of fused-ring (bicyclic) bond motifs is 8. The summed E-state index contributed by atoms with van der Waals surface area (Å²) in [6.45, 7) is 4.76. The van der Waals surface area contributed by atoms with Crippen LogP contribution >= 0.6 is 0 Å². The molecule has 7 rings (SSSR count). The van der Waals surface area contributed by atoms with E-state index in [1.807, 2.05) is 0 Å². The van der Waals surface area contributed by atoms with Crippen LogP contribution in [0.25, 0.3) is 54.2 Å². The topological polar surface area (TPSA) is 0 Å². The van der Waals surface area contributed by atoms with Crippen LogP contribution in [0.5, 0.6) is 0 Å². The molecule has 0 saturated carbocycles. The van der Waals surface area contributed by atoms with Crippen LogP contribution in [0.4, 0.5) is 0 Å². The summed E-state index contributed by atoms with van der Waals surface area (Å²) in [5.74, 6) is 0. The van der Waals surface area contributed by atoms with Crippen molar-refractivity contribution in [3.8, 4) is 11.1 Å². The maximum absolute atomic E-state index is 2.42. The van der Waals surface area contributed by atoms with E-state index in [2.05, 4.69) is 111 Å². The van der Waals surface area contributed by atoms with Gasteiger partial charge in [0, 0.05) is 5.41 Å². The quantitative estimate of drug-likeness (QED) is 0.226. The first-order valence-electron chi connectivity index (χ1n) is 11.0. The fourth-order valence-electron chi connectivity index (χ4n) is 5.93. The lowest BCUT2D eigenvalue weighted by atomic mass is 9.67. The monoisotopic (exact) mass is 394 g/mol. The van der Waals surface area contributed by atoms with E-state index in [1.54, 1.807) is 0 Å². The third-order valence-electron chi connectivity index (χ3n) is 7.43. The van der Waals surface area contributed by atoms with Gasteiger partial charge in [0.15, 0.2) is 0 Å². The zero-order valence-corrected chi connectivity index (χ0v) is 17.7. The standard InChI is InChI=1S/C31H22/c1-31(2)27-13-7-12-24-22-11-6-4-9-20(22)18-26(29(24)27)30-25-15-14-19-8-3-5-10-21(19)23(25)16-17-28(30)31/h3-18H,1-2H3. The molecule has 1 aliphatic carbocycles. The molecule has 0 fully saturated rings. The van der Waals surface area contributed by atoms with E-state index in [0.29, 0.717) is 0 Å². The van der Waals surface area contributed by atoms with Gasteiger partial charge in [-0.05, 0) is 71.4 Å². The van der Waals surface area contributed by atoms with Crippen LogP contribution in [-0.4, -0.2) is 0 Å². The second-order valence-electron chi connectivity index (χ2n) is 9.37. The van der Waals surface area contributed by atoms with Crippen molar-refractivity contribution in [2.24, 2.45) is 0 Å². The van der Waals surface area contributed by atoms with E-state index in [9.17, 15) is 0 Å². The smallest absolute Gasteiger partial charge is 0.0159 e. The van der Waals surface area contributed by atoms with Crippen molar-refractivity contribution < 1.29 is 0 Å². The lowest BCUT2D eigenvalue weighted by Gasteiger charge is -2.36. The molecule has 0 heterocycles. The van der Waals surface area contributed by atoms with Crippen LogP contribution in [0, 0.1) is 0 Å². The first-order chi connectivity index (χ1) is 15.1. The fourth-order valence-corrected chi connectivity index (χ4v) is 5.93. The molecule has 0 nitrogen and oxygen atoms in total. The Bertz CT molecular complexity index is 1700. The van der Waals surface area contributed by atoms with Crippen molar-refractivity contribution in [1.82, 2.24) is 0 Å². The summed E-state index contributed by atoms with van der Waals surface area (Å²) in [6, 6.07) is 36.2.